The molecule has 0 aliphatic rings. The summed E-state index contributed by atoms with van der Waals surface area (Å²) in [7, 11) is 0. The predicted molar refractivity (Wildman–Crippen MR) is 353 cm³/mol. The second kappa shape index (κ2) is 68.8. The van der Waals surface area contributed by atoms with Gasteiger partial charge in [0.1, 0.15) is 13.2 Å². The summed E-state index contributed by atoms with van der Waals surface area (Å²) in [6.45, 7) is 6.51. The van der Waals surface area contributed by atoms with Crippen LogP contribution in [0.5, 0.6) is 0 Å². The Bertz CT molecular complexity index is 1580. The van der Waals surface area contributed by atoms with E-state index in [9.17, 15) is 14.4 Å². The normalized spacial score (nSPS) is 12.7. The largest absolute Gasteiger partial charge is 0.462 e. The number of allylic oxidation sites excluding steroid dienone is 16. The minimum Gasteiger partial charge on any atom is -0.462 e. The summed E-state index contributed by atoms with van der Waals surface area (Å²) in [5.41, 5.74) is 0. The zero-order valence-electron chi connectivity index (χ0n) is 53.5. The number of rotatable bonds is 63. The second-order valence-electron chi connectivity index (χ2n) is 23.1. The molecule has 0 fully saturated rings. The molecule has 81 heavy (non-hydrogen) atoms. The number of ether oxygens (including phenoxy) is 3. The molecule has 6 nitrogen and oxygen atoms in total. The third kappa shape index (κ3) is 67.0. The molecule has 0 aromatic heterocycles. The maximum atomic E-state index is 12.9. The number of hydrogen-bond acceptors (Lipinski definition) is 6. The molecule has 1 unspecified atom stereocenters. The van der Waals surface area contributed by atoms with Gasteiger partial charge in [-0.05, 0) is 122 Å². The molecule has 0 heterocycles. The highest BCUT2D eigenvalue weighted by Gasteiger charge is 2.19. The second-order valence-corrected chi connectivity index (χ2v) is 23.1. The van der Waals surface area contributed by atoms with Crippen molar-refractivity contribution in [3.63, 3.8) is 0 Å². The van der Waals surface area contributed by atoms with E-state index in [1.54, 1.807) is 0 Å². The monoisotopic (exact) mass is 1130 g/mol. The van der Waals surface area contributed by atoms with Gasteiger partial charge >= 0.3 is 17.9 Å². The Labute approximate surface area is 502 Å². The van der Waals surface area contributed by atoms with E-state index in [-0.39, 0.29) is 31.1 Å². The van der Waals surface area contributed by atoms with Crippen LogP contribution in [0.15, 0.2) is 97.2 Å². The molecule has 0 aliphatic carbocycles. The zero-order valence-corrected chi connectivity index (χ0v) is 53.5. The van der Waals surface area contributed by atoms with Crippen molar-refractivity contribution in [2.24, 2.45) is 0 Å². The SMILES string of the molecule is CC/C=C\C/C=C\C/C=C\CCCCCCCCCC(=O)OC(COC(=O)CCCCCCCCC/C=C\C/C=C\CCCCC)COC(=O)CCCCCCCCCCCCCCCC/C=C\C/C=C\C/C=C\CCCCCCC. The summed E-state index contributed by atoms with van der Waals surface area (Å²) in [6, 6.07) is 0. The molecule has 6 heteroatoms. The smallest absolute Gasteiger partial charge is 0.306 e. The molecular formula is C75H130O6. The lowest BCUT2D eigenvalue weighted by atomic mass is 10.0. The summed E-state index contributed by atoms with van der Waals surface area (Å²) in [5, 5.41) is 0. The molecule has 0 radical (unpaired) electrons. The fourth-order valence-corrected chi connectivity index (χ4v) is 9.85. The first-order valence-corrected chi connectivity index (χ1v) is 34.7. The Morgan fingerprint density at radius 1 is 0.259 bits per heavy atom. The zero-order chi connectivity index (χ0) is 58.5. The van der Waals surface area contributed by atoms with Gasteiger partial charge in [0.05, 0.1) is 0 Å². The van der Waals surface area contributed by atoms with Gasteiger partial charge in [-0.15, -0.1) is 0 Å². The van der Waals surface area contributed by atoms with Crippen LogP contribution in [0.1, 0.15) is 342 Å². The third-order valence-corrected chi connectivity index (χ3v) is 15.0. The lowest BCUT2D eigenvalue weighted by molar-refractivity contribution is -0.167. The van der Waals surface area contributed by atoms with Crippen molar-refractivity contribution in [1.82, 2.24) is 0 Å². The predicted octanol–water partition coefficient (Wildman–Crippen LogP) is 24.0. The van der Waals surface area contributed by atoms with Gasteiger partial charge in [0.2, 0.25) is 0 Å². The van der Waals surface area contributed by atoms with Gasteiger partial charge in [0.15, 0.2) is 6.10 Å². The first-order valence-electron chi connectivity index (χ1n) is 34.7. The van der Waals surface area contributed by atoms with Crippen LogP contribution < -0.4 is 0 Å². The van der Waals surface area contributed by atoms with Gasteiger partial charge in [-0.25, -0.2) is 0 Å². The maximum Gasteiger partial charge on any atom is 0.306 e. The first kappa shape index (κ1) is 77.3. The van der Waals surface area contributed by atoms with E-state index in [1.165, 1.54) is 193 Å². The molecule has 0 N–H and O–H groups in total. The molecule has 0 saturated carbocycles. The highest BCUT2D eigenvalue weighted by atomic mass is 16.6. The van der Waals surface area contributed by atoms with Crippen molar-refractivity contribution in [1.29, 1.82) is 0 Å². The van der Waals surface area contributed by atoms with Crippen LogP contribution >= 0.6 is 0 Å². The van der Waals surface area contributed by atoms with Crippen LogP contribution in [0.2, 0.25) is 0 Å². The Balaban J connectivity index is 4.30. The van der Waals surface area contributed by atoms with E-state index in [1.807, 2.05) is 0 Å². The minimum atomic E-state index is -0.789. The van der Waals surface area contributed by atoms with Crippen molar-refractivity contribution >= 4 is 17.9 Å². The van der Waals surface area contributed by atoms with Gasteiger partial charge in [-0.1, -0.05) is 298 Å². The van der Waals surface area contributed by atoms with Gasteiger partial charge in [-0.3, -0.25) is 14.4 Å². The summed E-state index contributed by atoms with van der Waals surface area (Å²) >= 11 is 0. The van der Waals surface area contributed by atoms with Gasteiger partial charge in [-0.2, -0.15) is 0 Å². The van der Waals surface area contributed by atoms with Crippen molar-refractivity contribution in [2.45, 2.75) is 348 Å². The van der Waals surface area contributed by atoms with E-state index < -0.39 is 6.10 Å². The lowest BCUT2D eigenvalue weighted by Crippen LogP contribution is -2.30. The Morgan fingerprint density at radius 3 is 0.778 bits per heavy atom. The maximum absolute atomic E-state index is 12.9. The van der Waals surface area contributed by atoms with Gasteiger partial charge in [0, 0.05) is 19.3 Å². The number of unbranched alkanes of at least 4 members (excludes halogenated alkanes) is 36. The summed E-state index contributed by atoms with van der Waals surface area (Å²) in [4.78, 5) is 38.4. The molecule has 0 aromatic carbocycles. The van der Waals surface area contributed by atoms with E-state index in [4.69, 9.17) is 14.2 Å². The number of hydrogen-bond donors (Lipinski definition) is 0. The topological polar surface area (TPSA) is 78.9 Å². The van der Waals surface area contributed by atoms with E-state index >= 15 is 0 Å². The van der Waals surface area contributed by atoms with Crippen molar-refractivity contribution in [2.75, 3.05) is 13.2 Å². The molecule has 466 valence electrons. The van der Waals surface area contributed by atoms with Crippen LogP contribution in [0, 0.1) is 0 Å². The van der Waals surface area contributed by atoms with Crippen LogP contribution in [0.3, 0.4) is 0 Å². The van der Waals surface area contributed by atoms with Gasteiger partial charge < -0.3 is 14.2 Å². The molecule has 0 aromatic rings. The van der Waals surface area contributed by atoms with Crippen LogP contribution in [-0.4, -0.2) is 37.2 Å². The molecule has 0 bridgehead atoms. The molecule has 0 aliphatic heterocycles. The number of esters is 3. The average molecular weight is 1130 g/mol. The molecule has 0 spiro atoms. The van der Waals surface area contributed by atoms with E-state index in [0.29, 0.717) is 19.3 Å². The standard InChI is InChI=1S/C75H130O6/c1-4-7-10-13-16-19-22-25-28-31-32-33-34-35-36-37-38-39-40-41-42-45-47-50-53-56-59-62-65-68-74(77)80-71-72(81-75(78)69-66-63-60-57-54-51-48-44-30-27-24-21-18-15-12-9-6-3)70-79-73(76)67-64-61-58-55-52-49-46-43-29-26-23-20-17-14-11-8-5-2/h9,12,17-18,20-22,25-27,29-32,34-35,72H,4-8,10-11,13-16,19,23-24,28,33,36-71H2,1-3H3/b12-9-,20-17-,21-18-,25-22-,29-26-,30-27-,32-31-,35-34-. The molecule has 1 atom stereocenters. The number of carbonyl (C=O) groups excluding carboxylic acids is 3. The highest BCUT2D eigenvalue weighted by Crippen LogP contribution is 2.17. The third-order valence-electron chi connectivity index (χ3n) is 15.0. The molecule has 0 rings (SSSR count). The fourth-order valence-electron chi connectivity index (χ4n) is 9.85. The molecular weight excluding hydrogens is 997 g/mol. The van der Waals surface area contributed by atoms with E-state index in [0.717, 1.165) is 109 Å². The molecule has 0 saturated heterocycles. The van der Waals surface area contributed by atoms with Gasteiger partial charge in [0.25, 0.3) is 0 Å². The quantitative estimate of drug-likeness (QED) is 0.0261. The minimum absolute atomic E-state index is 0.0831. The van der Waals surface area contributed by atoms with Crippen LogP contribution in [0.25, 0.3) is 0 Å². The first-order chi connectivity index (χ1) is 40.0. The van der Waals surface area contributed by atoms with E-state index in [2.05, 4.69) is 118 Å². The lowest BCUT2D eigenvalue weighted by Gasteiger charge is -2.18. The van der Waals surface area contributed by atoms with Crippen molar-refractivity contribution < 1.29 is 28.6 Å². The van der Waals surface area contributed by atoms with Crippen molar-refractivity contribution in [3.8, 4) is 0 Å². The Kier molecular flexibility index (Phi) is 65.7. The summed E-state index contributed by atoms with van der Waals surface area (Å²) < 4.78 is 17.0. The summed E-state index contributed by atoms with van der Waals surface area (Å²) in [6.07, 6.45) is 92.8. The van der Waals surface area contributed by atoms with Crippen molar-refractivity contribution in [3.05, 3.63) is 97.2 Å². The van der Waals surface area contributed by atoms with Crippen LogP contribution in [-0.2, 0) is 28.6 Å². The summed E-state index contributed by atoms with van der Waals surface area (Å²) in [5.74, 6) is -0.888. The Hall–Kier alpha value is -3.67. The Morgan fingerprint density at radius 2 is 0.481 bits per heavy atom. The highest BCUT2D eigenvalue weighted by molar-refractivity contribution is 5.71. The molecule has 0 amide bonds. The average Bonchev–Trinajstić information content (AvgIpc) is 3.47. The van der Waals surface area contributed by atoms with Crippen LogP contribution in [0.4, 0.5) is 0 Å². The fraction of sp³-hybridized carbons (Fsp3) is 0.747. The number of carbonyl (C=O) groups is 3.